The zero-order chi connectivity index (χ0) is 15.1. The average Bonchev–Trinajstić information content (AvgIpc) is 2.88. The maximum Gasteiger partial charge on any atom is 0.246 e. The number of halogens is 2. The van der Waals surface area contributed by atoms with Crippen molar-refractivity contribution in [1.82, 2.24) is 20.8 Å². The summed E-state index contributed by atoms with van der Waals surface area (Å²) in [6.45, 7) is 5.22. The first-order chi connectivity index (χ1) is 10.2. The van der Waals surface area contributed by atoms with Crippen molar-refractivity contribution in [2.24, 2.45) is 4.99 Å². The lowest BCUT2D eigenvalue weighted by Gasteiger charge is -2.09. The highest BCUT2D eigenvalue weighted by molar-refractivity contribution is 14.0. The van der Waals surface area contributed by atoms with Gasteiger partial charge in [0.15, 0.2) is 11.8 Å². The zero-order valence-electron chi connectivity index (χ0n) is 12.5. The number of guanidine groups is 1. The third-order valence-corrected chi connectivity index (χ3v) is 2.63. The van der Waals surface area contributed by atoms with E-state index in [1.165, 1.54) is 12.1 Å². The minimum absolute atomic E-state index is 0. The number of rotatable bonds is 5. The summed E-state index contributed by atoms with van der Waals surface area (Å²) in [5.41, 5.74) is 0.806. The van der Waals surface area contributed by atoms with Crippen molar-refractivity contribution in [3.63, 3.8) is 0 Å². The van der Waals surface area contributed by atoms with Gasteiger partial charge in [-0.3, -0.25) is 0 Å². The second kappa shape index (κ2) is 9.34. The van der Waals surface area contributed by atoms with Crippen molar-refractivity contribution >= 4 is 29.9 Å². The molecule has 0 atom stereocenters. The Morgan fingerprint density at radius 2 is 2.18 bits per heavy atom. The molecule has 6 nitrogen and oxygen atoms in total. The van der Waals surface area contributed by atoms with Gasteiger partial charge in [-0.1, -0.05) is 17.3 Å². The Kier molecular flexibility index (Phi) is 7.78. The first kappa shape index (κ1) is 18.3. The van der Waals surface area contributed by atoms with Crippen LogP contribution in [-0.2, 0) is 13.1 Å². The molecular formula is C14H19FIN5O. The third-order valence-electron chi connectivity index (χ3n) is 2.63. The number of aryl methyl sites for hydroxylation is 1. The van der Waals surface area contributed by atoms with Crippen molar-refractivity contribution in [2.45, 2.75) is 26.9 Å². The highest BCUT2D eigenvalue weighted by Gasteiger charge is 2.04. The van der Waals surface area contributed by atoms with Crippen LogP contribution in [0, 0.1) is 12.7 Å². The predicted molar refractivity (Wildman–Crippen MR) is 92.5 cm³/mol. The number of hydrogen-bond acceptors (Lipinski definition) is 4. The molecule has 0 saturated carbocycles. The predicted octanol–water partition coefficient (Wildman–Crippen LogP) is 2.39. The Balaban J connectivity index is 0.00000242. The number of aliphatic imine (C=N–C) groups is 1. The molecule has 8 heteroatoms. The monoisotopic (exact) mass is 419 g/mol. The highest BCUT2D eigenvalue weighted by Crippen LogP contribution is 2.04. The minimum atomic E-state index is -0.262. The highest BCUT2D eigenvalue weighted by atomic mass is 127. The van der Waals surface area contributed by atoms with E-state index in [1.54, 1.807) is 13.0 Å². The topological polar surface area (TPSA) is 75.3 Å². The second-order valence-corrected chi connectivity index (χ2v) is 4.41. The number of nitrogens with one attached hydrogen (secondary N) is 2. The standard InChI is InChI=1S/C14H18FN5O.HI/c1-3-16-14(18-9-13-19-10(2)20-21-13)17-8-11-5-4-6-12(15)7-11;/h4-7H,3,8-9H2,1-2H3,(H2,16,17,18);1H. The summed E-state index contributed by atoms with van der Waals surface area (Å²) in [5, 5.41) is 9.90. The van der Waals surface area contributed by atoms with Crippen LogP contribution in [0.2, 0.25) is 0 Å². The molecule has 22 heavy (non-hydrogen) atoms. The Labute approximate surface area is 145 Å². The van der Waals surface area contributed by atoms with Crippen LogP contribution >= 0.6 is 24.0 Å². The molecule has 0 aliphatic rings. The number of aromatic nitrogens is 2. The van der Waals surface area contributed by atoms with E-state index in [1.807, 2.05) is 13.0 Å². The van der Waals surface area contributed by atoms with Crippen molar-refractivity contribution < 1.29 is 8.91 Å². The fourth-order valence-corrected chi connectivity index (χ4v) is 1.72. The van der Waals surface area contributed by atoms with Crippen molar-refractivity contribution in [2.75, 3.05) is 6.54 Å². The maximum atomic E-state index is 13.1. The summed E-state index contributed by atoms with van der Waals surface area (Å²) >= 11 is 0. The summed E-state index contributed by atoms with van der Waals surface area (Å²) in [6.07, 6.45) is 0. The Hall–Kier alpha value is -1.71. The van der Waals surface area contributed by atoms with Crippen LogP contribution in [0.3, 0.4) is 0 Å². The molecule has 120 valence electrons. The SMILES string of the molecule is CCNC(=NCc1cccc(F)c1)NCc1nc(C)no1.I. The lowest BCUT2D eigenvalue weighted by molar-refractivity contribution is 0.371. The van der Waals surface area contributed by atoms with Gasteiger partial charge >= 0.3 is 0 Å². The summed E-state index contributed by atoms with van der Waals surface area (Å²) in [6, 6.07) is 6.38. The van der Waals surface area contributed by atoms with Gasteiger partial charge in [0.1, 0.15) is 5.82 Å². The molecule has 1 aromatic carbocycles. The van der Waals surface area contributed by atoms with Gasteiger partial charge in [0.25, 0.3) is 0 Å². The molecule has 0 spiro atoms. The largest absolute Gasteiger partial charge is 0.357 e. The first-order valence-corrected chi connectivity index (χ1v) is 6.73. The summed E-state index contributed by atoms with van der Waals surface area (Å²) < 4.78 is 18.1. The van der Waals surface area contributed by atoms with E-state index >= 15 is 0 Å². The molecule has 2 N–H and O–H groups in total. The maximum absolute atomic E-state index is 13.1. The molecule has 0 unspecified atom stereocenters. The average molecular weight is 419 g/mol. The molecule has 2 rings (SSSR count). The van der Waals surface area contributed by atoms with Gasteiger partial charge in [-0.2, -0.15) is 4.98 Å². The molecular weight excluding hydrogens is 400 g/mol. The fraction of sp³-hybridized carbons (Fsp3) is 0.357. The van der Waals surface area contributed by atoms with E-state index in [-0.39, 0.29) is 29.8 Å². The van der Waals surface area contributed by atoms with E-state index in [0.717, 1.165) is 12.1 Å². The van der Waals surface area contributed by atoms with Gasteiger partial charge < -0.3 is 15.2 Å². The van der Waals surface area contributed by atoms with E-state index < -0.39 is 0 Å². The Morgan fingerprint density at radius 1 is 1.36 bits per heavy atom. The van der Waals surface area contributed by atoms with Crippen LogP contribution in [0.4, 0.5) is 4.39 Å². The van der Waals surface area contributed by atoms with Gasteiger partial charge in [-0.25, -0.2) is 9.38 Å². The molecule has 1 heterocycles. The molecule has 0 radical (unpaired) electrons. The molecule has 0 fully saturated rings. The number of benzene rings is 1. The normalized spacial score (nSPS) is 11.0. The van der Waals surface area contributed by atoms with Crippen LogP contribution < -0.4 is 10.6 Å². The molecule has 0 aliphatic carbocycles. The van der Waals surface area contributed by atoms with Crippen LogP contribution in [0.5, 0.6) is 0 Å². The second-order valence-electron chi connectivity index (χ2n) is 4.41. The van der Waals surface area contributed by atoms with Gasteiger partial charge in [-0.15, -0.1) is 24.0 Å². The molecule has 0 amide bonds. The molecule has 0 saturated heterocycles. The minimum Gasteiger partial charge on any atom is -0.357 e. The lowest BCUT2D eigenvalue weighted by Crippen LogP contribution is -2.36. The summed E-state index contributed by atoms with van der Waals surface area (Å²) in [4.78, 5) is 8.48. The van der Waals surface area contributed by atoms with Gasteiger partial charge in [0, 0.05) is 6.54 Å². The van der Waals surface area contributed by atoms with Crippen LogP contribution in [-0.4, -0.2) is 22.6 Å². The van der Waals surface area contributed by atoms with Gasteiger partial charge in [0.2, 0.25) is 5.89 Å². The summed E-state index contributed by atoms with van der Waals surface area (Å²) in [5.74, 6) is 1.43. The van der Waals surface area contributed by atoms with Gasteiger partial charge in [-0.05, 0) is 31.5 Å². The smallest absolute Gasteiger partial charge is 0.246 e. The van der Waals surface area contributed by atoms with Crippen molar-refractivity contribution in [3.8, 4) is 0 Å². The van der Waals surface area contributed by atoms with E-state index in [0.29, 0.717) is 30.8 Å². The lowest BCUT2D eigenvalue weighted by atomic mass is 10.2. The van der Waals surface area contributed by atoms with E-state index in [4.69, 9.17) is 4.52 Å². The molecule has 2 aromatic rings. The van der Waals surface area contributed by atoms with Crippen molar-refractivity contribution in [3.05, 3.63) is 47.4 Å². The van der Waals surface area contributed by atoms with Crippen molar-refractivity contribution in [1.29, 1.82) is 0 Å². The molecule has 0 aliphatic heterocycles. The first-order valence-electron chi connectivity index (χ1n) is 6.73. The van der Waals surface area contributed by atoms with Gasteiger partial charge in [0.05, 0.1) is 13.1 Å². The molecule has 0 bridgehead atoms. The van der Waals surface area contributed by atoms with Crippen LogP contribution in [0.25, 0.3) is 0 Å². The third kappa shape index (κ3) is 5.96. The van der Waals surface area contributed by atoms with E-state index in [2.05, 4.69) is 25.8 Å². The summed E-state index contributed by atoms with van der Waals surface area (Å²) in [7, 11) is 0. The number of nitrogens with zero attached hydrogens (tertiary/aromatic N) is 3. The quantitative estimate of drug-likeness (QED) is 0.442. The Bertz CT molecular complexity index is 617. The molecule has 1 aromatic heterocycles. The number of hydrogen-bond donors (Lipinski definition) is 2. The van der Waals surface area contributed by atoms with E-state index in [9.17, 15) is 4.39 Å². The Morgan fingerprint density at radius 3 is 2.82 bits per heavy atom. The van der Waals surface area contributed by atoms with Crippen LogP contribution in [0.1, 0.15) is 24.2 Å². The van der Waals surface area contributed by atoms with Crippen LogP contribution in [0.15, 0.2) is 33.8 Å². The fourth-order valence-electron chi connectivity index (χ4n) is 1.72. The zero-order valence-corrected chi connectivity index (χ0v) is 14.8.